The summed E-state index contributed by atoms with van der Waals surface area (Å²) in [6.07, 6.45) is 3.69. The van der Waals surface area contributed by atoms with Gasteiger partial charge in [0, 0.05) is 85.1 Å². The molecule has 3 saturated heterocycles. The summed E-state index contributed by atoms with van der Waals surface area (Å²) >= 11 is 0. The Morgan fingerprint density at radius 1 is 0.433 bits per heavy atom. The Bertz CT molecular complexity index is 3100. The van der Waals surface area contributed by atoms with Crippen LogP contribution in [0.3, 0.4) is 0 Å². The summed E-state index contributed by atoms with van der Waals surface area (Å²) in [5, 5.41) is 6.36. The lowest BCUT2D eigenvalue weighted by Gasteiger charge is -2.32. The summed E-state index contributed by atoms with van der Waals surface area (Å²) in [5.74, 6) is 0. The van der Waals surface area contributed by atoms with Crippen LogP contribution in [0.4, 0.5) is 0 Å². The van der Waals surface area contributed by atoms with E-state index in [9.17, 15) is 0 Å². The van der Waals surface area contributed by atoms with Crippen LogP contribution in [0, 0.1) is 0 Å². The summed E-state index contributed by atoms with van der Waals surface area (Å²) in [4.78, 5) is 12.3. The van der Waals surface area contributed by atoms with Crippen LogP contribution >= 0.6 is 0 Å². The largest absolute Gasteiger partial charge is 0.379 e. The number of likely N-dealkylation sites (N-methyl/N-ethyl adjacent to an activating group) is 1. The fraction of sp³-hybridized carbons (Fsp3) is 0.573. The maximum absolute atomic E-state index is 5.39. The summed E-state index contributed by atoms with van der Waals surface area (Å²) in [5.41, 5.74) is 19.9. The summed E-state index contributed by atoms with van der Waals surface area (Å²) in [7, 11) is 8.35. The van der Waals surface area contributed by atoms with E-state index in [1.165, 1.54) is 131 Å². The highest BCUT2D eigenvalue weighted by molar-refractivity contribution is 5.35. The van der Waals surface area contributed by atoms with E-state index in [-0.39, 0.29) is 47.3 Å². The Balaban J connectivity index is 0.000000396. The van der Waals surface area contributed by atoms with Gasteiger partial charge in [-0.05, 0) is 160 Å². The Hall–Kier alpha value is -5.26. The van der Waals surface area contributed by atoms with Crippen molar-refractivity contribution in [3.05, 3.63) is 225 Å². The average molecular weight is 1330 g/mol. The standard InChI is InChI=1S/C17H25N.C16H26N2.C15H23NO.C15H25N.2C12H19N.2CH4/c1-14-7-6-10-18(12-14)13-15-8-5-9-16(11-15)17(2,3)4;1-16(2,3)15-7-5-14(6-8-15)13-18-11-9-17(4)10-12-18;1-15(2,3)14-7-5-4-6-13(14)12-16-8-10-17-11-9-16;1-6-10-16(5)12-13-8-7-9-14(11-13)15(2,3)4;1-12(2,3)11-7-5-6-10(8-11)9-13-4;1-12(2,3)11-8-6-5-7-10(11)9-13-4;;/h5,8-9,11H,1,6-7,10,12-13H2,2-4H3;5-8H,9-13H2,1-4H3;4-7H,8-12H2,1-3H3;7-9,11H,6,10,12H2,1-5H3;2*5-8,13H,9H2,1-4H3;2*1H4. The average Bonchev–Trinajstić information content (AvgIpc) is 0.867. The first kappa shape index (κ1) is 87.8. The van der Waals surface area contributed by atoms with Crippen LogP contribution < -0.4 is 10.6 Å². The van der Waals surface area contributed by atoms with Crippen LogP contribution in [0.1, 0.15) is 232 Å². The molecule has 0 radical (unpaired) electrons. The minimum absolute atomic E-state index is 0. The van der Waals surface area contributed by atoms with Gasteiger partial charge in [0.05, 0.1) is 13.2 Å². The zero-order chi connectivity index (χ0) is 70.6. The van der Waals surface area contributed by atoms with Gasteiger partial charge in [-0.1, -0.05) is 304 Å². The van der Waals surface area contributed by atoms with Crippen molar-refractivity contribution in [2.45, 2.75) is 237 Å². The lowest BCUT2D eigenvalue weighted by atomic mass is 9.83. The molecule has 0 atom stereocenters. The highest BCUT2D eigenvalue weighted by Gasteiger charge is 2.22. The zero-order valence-electron chi connectivity index (χ0n) is 64.8. The lowest BCUT2D eigenvalue weighted by Crippen LogP contribution is -2.43. The molecular weight excluding hydrogens is 1180 g/mol. The first-order valence-corrected chi connectivity index (χ1v) is 36.1. The van der Waals surface area contributed by atoms with Gasteiger partial charge in [0.15, 0.2) is 0 Å². The van der Waals surface area contributed by atoms with E-state index in [0.717, 1.165) is 72.1 Å². The molecule has 0 aliphatic carbocycles. The normalized spacial score (nSPS) is 15.2. The molecule has 0 spiro atoms. The monoisotopic (exact) mass is 1330 g/mol. The second-order valence-electron chi connectivity index (χ2n) is 33.4. The molecule has 0 unspecified atom stereocenters. The molecule has 9 rings (SSSR count). The van der Waals surface area contributed by atoms with Crippen molar-refractivity contribution in [2.24, 2.45) is 0 Å². The highest BCUT2D eigenvalue weighted by Crippen LogP contribution is 2.30. The van der Waals surface area contributed by atoms with Gasteiger partial charge in [0.25, 0.3) is 0 Å². The summed E-state index contributed by atoms with van der Waals surface area (Å²) in [6, 6.07) is 53.3. The number of benzene rings is 6. The number of morpholine rings is 1. The molecule has 8 nitrogen and oxygen atoms in total. The molecule has 3 aliphatic rings. The smallest absolute Gasteiger partial charge is 0.0594 e. The van der Waals surface area contributed by atoms with E-state index in [1.807, 2.05) is 14.1 Å². The van der Waals surface area contributed by atoms with Crippen LogP contribution in [-0.2, 0) is 76.5 Å². The van der Waals surface area contributed by atoms with Crippen LogP contribution in [0.2, 0.25) is 0 Å². The molecular formula is C89H145N7O. The van der Waals surface area contributed by atoms with Gasteiger partial charge >= 0.3 is 0 Å². The molecule has 3 aliphatic heterocycles. The number of ether oxygens (including phenoxy) is 1. The Labute approximate surface area is 598 Å². The number of likely N-dealkylation sites (tertiary alicyclic amines) is 1. The maximum atomic E-state index is 5.39. The van der Waals surface area contributed by atoms with Gasteiger partial charge in [-0.15, -0.1) is 0 Å². The van der Waals surface area contributed by atoms with Crippen molar-refractivity contribution in [1.29, 1.82) is 0 Å². The second kappa shape index (κ2) is 42.1. The fourth-order valence-corrected chi connectivity index (χ4v) is 12.2. The first-order chi connectivity index (χ1) is 44.5. The molecule has 0 bridgehead atoms. The third kappa shape index (κ3) is 33.6. The second-order valence-corrected chi connectivity index (χ2v) is 33.4. The predicted octanol–water partition coefficient (Wildman–Crippen LogP) is 20.2. The number of piperazine rings is 1. The zero-order valence-corrected chi connectivity index (χ0v) is 64.8. The van der Waals surface area contributed by atoms with Crippen LogP contribution in [0.25, 0.3) is 0 Å². The van der Waals surface area contributed by atoms with Gasteiger partial charge in [-0.25, -0.2) is 0 Å². The van der Waals surface area contributed by atoms with E-state index in [4.69, 9.17) is 4.74 Å². The molecule has 97 heavy (non-hydrogen) atoms. The lowest BCUT2D eigenvalue weighted by molar-refractivity contribution is 0.0340. The predicted molar refractivity (Wildman–Crippen MR) is 429 cm³/mol. The van der Waals surface area contributed by atoms with E-state index < -0.39 is 0 Å². The molecule has 3 fully saturated rings. The molecule has 3 heterocycles. The van der Waals surface area contributed by atoms with Crippen molar-refractivity contribution >= 4 is 0 Å². The number of nitrogens with zero attached hydrogens (tertiary/aromatic N) is 5. The van der Waals surface area contributed by atoms with Gasteiger partial charge < -0.3 is 25.2 Å². The minimum Gasteiger partial charge on any atom is -0.379 e. The van der Waals surface area contributed by atoms with Crippen molar-refractivity contribution in [1.82, 2.24) is 35.1 Å². The first-order valence-electron chi connectivity index (χ1n) is 36.1. The fourth-order valence-electron chi connectivity index (χ4n) is 12.2. The molecule has 0 aromatic heterocycles. The highest BCUT2D eigenvalue weighted by atomic mass is 16.5. The van der Waals surface area contributed by atoms with Crippen molar-refractivity contribution in [3.63, 3.8) is 0 Å². The Morgan fingerprint density at radius 3 is 1.34 bits per heavy atom. The number of piperidine rings is 1. The Morgan fingerprint density at radius 2 is 0.866 bits per heavy atom. The van der Waals surface area contributed by atoms with Gasteiger partial charge in [0.2, 0.25) is 0 Å². The molecule has 0 amide bonds. The van der Waals surface area contributed by atoms with Crippen molar-refractivity contribution in [2.75, 3.05) is 100 Å². The molecule has 0 saturated carbocycles. The summed E-state index contributed by atoms with van der Waals surface area (Å²) < 4.78 is 5.39. The van der Waals surface area contributed by atoms with Crippen LogP contribution in [-0.4, -0.2) is 125 Å². The van der Waals surface area contributed by atoms with E-state index in [1.54, 1.807) is 0 Å². The van der Waals surface area contributed by atoms with Gasteiger partial charge in [-0.2, -0.15) is 0 Å². The molecule has 542 valence electrons. The van der Waals surface area contributed by atoms with Crippen LogP contribution in [0.15, 0.2) is 158 Å². The maximum Gasteiger partial charge on any atom is 0.0594 e. The van der Waals surface area contributed by atoms with Gasteiger partial charge in [-0.3, -0.25) is 14.7 Å². The molecule has 2 N–H and O–H groups in total. The van der Waals surface area contributed by atoms with E-state index in [2.05, 4.69) is 333 Å². The molecule has 6 aromatic rings. The third-order valence-electron chi connectivity index (χ3n) is 18.0. The van der Waals surface area contributed by atoms with E-state index in [0.29, 0.717) is 0 Å². The van der Waals surface area contributed by atoms with Crippen molar-refractivity contribution < 1.29 is 4.74 Å². The minimum atomic E-state index is 0. The number of nitrogens with one attached hydrogen (secondary N) is 2. The van der Waals surface area contributed by atoms with Gasteiger partial charge in [0.1, 0.15) is 0 Å². The molecule has 8 heteroatoms. The van der Waals surface area contributed by atoms with Crippen molar-refractivity contribution in [3.8, 4) is 0 Å². The Kier molecular flexibility index (Phi) is 38.1. The van der Waals surface area contributed by atoms with E-state index >= 15 is 0 Å². The number of hydrogen-bond donors (Lipinski definition) is 2. The number of rotatable bonds is 14. The SMILES string of the molecule is C.C.C=C1CCCN(Cc2cccc(C(C)(C)C)c2)C1.CC(C)(C)c1ccccc1CN1CCOCC1.CCCN(C)Cc1cccc(C(C)(C)C)c1.CN1CCN(Cc2ccc(C(C)(C)C)cc2)CC1.CNCc1cccc(C(C)(C)C)c1.CNCc1ccccc1C(C)(C)C. The quantitative estimate of drug-likeness (QED) is 0.105. The third-order valence-corrected chi connectivity index (χ3v) is 18.0. The summed E-state index contributed by atoms with van der Waals surface area (Å²) in [6.45, 7) is 65.3. The molecule has 6 aromatic carbocycles. The van der Waals surface area contributed by atoms with Crippen LogP contribution in [0.5, 0.6) is 0 Å². The number of hydrogen-bond acceptors (Lipinski definition) is 8. The topological polar surface area (TPSA) is 49.5 Å².